The highest BCUT2D eigenvalue weighted by Crippen LogP contribution is 2.16. The predicted octanol–water partition coefficient (Wildman–Crippen LogP) is 2.18. The van der Waals surface area contributed by atoms with E-state index in [4.69, 9.17) is 9.84 Å². The van der Waals surface area contributed by atoms with Crippen molar-refractivity contribution in [2.75, 3.05) is 19.0 Å². The number of pyridine rings is 1. The molecule has 0 radical (unpaired) electrons. The van der Waals surface area contributed by atoms with E-state index in [2.05, 4.69) is 10.3 Å². The van der Waals surface area contributed by atoms with Gasteiger partial charge in [0.05, 0.1) is 17.7 Å². The van der Waals surface area contributed by atoms with Gasteiger partial charge < -0.3 is 15.2 Å². The van der Waals surface area contributed by atoms with E-state index in [0.717, 1.165) is 5.69 Å². The lowest BCUT2D eigenvalue weighted by Crippen LogP contribution is -2.36. The Bertz CT molecular complexity index is 430. The van der Waals surface area contributed by atoms with E-state index in [0.29, 0.717) is 18.8 Å². The molecule has 1 aromatic rings. The van der Waals surface area contributed by atoms with Crippen LogP contribution in [-0.4, -0.2) is 35.3 Å². The molecule has 0 aliphatic carbocycles. The first kappa shape index (κ1) is 14.4. The summed E-state index contributed by atoms with van der Waals surface area (Å²) in [4.78, 5) is 15.4. The summed E-state index contributed by atoms with van der Waals surface area (Å²) in [7, 11) is 1.63. The maximum Gasteiger partial charge on any atom is 0.335 e. The number of nitrogens with one attached hydrogen (secondary N) is 1. The van der Waals surface area contributed by atoms with Gasteiger partial charge in [0.1, 0.15) is 5.82 Å². The summed E-state index contributed by atoms with van der Waals surface area (Å²) < 4.78 is 5.11. The number of aromatic nitrogens is 1. The molecule has 0 amide bonds. The van der Waals surface area contributed by atoms with Crippen LogP contribution in [0.25, 0.3) is 0 Å². The van der Waals surface area contributed by atoms with Gasteiger partial charge in [-0.15, -0.1) is 0 Å². The molecule has 1 aromatic heterocycles. The summed E-state index contributed by atoms with van der Waals surface area (Å²) in [5.74, 6) is -0.381. The number of nitrogens with zero attached hydrogens (tertiary/aromatic N) is 1. The molecule has 5 nitrogen and oxygen atoms in total. The standard InChI is InChI=1S/C13H20N2O3/c1-5-10-6-9(12(16)17)7-11(14-10)15-13(2,3)8-18-4/h6-7H,5,8H2,1-4H3,(H,14,15)(H,16,17). The number of methoxy groups -OCH3 is 1. The monoisotopic (exact) mass is 252 g/mol. The van der Waals surface area contributed by atoms with E-state index < -0.39 is 5.97 Å². The molecule has 1 rings (SSSR count). The second kappa shape index (κ2) is 5.82. The van der Waals surface area contributed by atoms with Crippen LogP contribution in [-0.2, 0) is 11.2 Å². The topological polar surface area (TPSA) is 71.5 Å². The molecule has 0 bridgehead atoms. The molecule has 18 heavy (non-hydrogen) atoms. The first-order chi connectivity index (χ1) is 8.38. The van der Waals surface area contributed by atoms with Crippen LogP contribution < -0.4 is 5.32 Å². The lowest BCUT2D eigenvalue weighted by Gasteiger charge is -2.26. The maximum absolute atomic E-state index is 11.0. The minimum atomic E-state index is -0.945. The van der Waals surface area contributed by atoms with Crippen LogP contribution in [0.5, 0.6) is 0 Å². The average molecular weight is 252 g/mol. The number of anilines is 1. The molecule has 0 atom stereocenters. The Morgan fingerprint density at radius 2 is 2.17 bits per heavy atom. The summed E-state index contributed by atoms with van der Waals surface area (Å²) in [5.41, 5.74) is 0.701. The SMILES string of the molecule is CCc1cc(C(=O)O)cc(NC(C)(C)COC)n1. The van der Waals surface area contributed by atoms with Gasteiger partial charge in [-0.05, 0) is 32.4 Å². The smallest absolute Gasteiger partial charge is 0.335 e. The Balaban J connectivity index is 3.01. The highest BCUT2D eigenvalue weighted by molar-refractivity contribution is 5.88. The second-order valence-corrected chi connectivity index (χ2v) is 4.83. The number of hydrogen-bond donors (Lipinski definition) is 2. The van der Waals surface area contributed by atoms with E-state index in [9.17, 15) is 4.79 Å². The summed E-state index contributed by atoms with van der Waals surface area (Å²) in [5, 5.41) is 12.2. The molecule has 2 N–H and O–H groups in total. The molecule has 0 saturated heterocycles. The number of ether oxygens (including phenoxy) is 1. The summed E-state index contributed by atoms with van der Waals surface area (Å²) in [6.45, 7) is 6.39. The molecular weight excluding hydrogens is 232 g/mol. The Morgan fingerprint density at radius 1 is 1.50 bits per heavy atom. The van der Waals surface area contributed by atoms with Crippen LogP contribution >= 0.6 is 0 Å². The van der Waals surface area contributed by atoms with Gasteiger partial charge in [-0.25, -0.2) is 9.78 Å². The lowest BCUT2D eigenvalue weighted by molar-refractivity contribution is 0.0696. The van der Waals surface area contributed by atoms with Crippen LogP contribution in [0.15, 0.2) is 12.1 Å². The zero-order valence-corrected chi connectivity index (χ0v) is 11.3. The van der Waals surface area contributed by atoms with E-state index >= 15 is 0 Å². The molecule has 0 fully saturated rings. The highest BCUT2D eigenvalue weighted by atomic mass is 16.5. The first-order valence-electron chi connectivity index (χ1n) is 5.89. The highest BCUT2D eigenvalue weighted by Gasteiger charge is 2.18. The minimum Gasteiger partial charge on any atom is -0.478 e. The van der Waals surface area contributed by atoms with E-state index in [1.807, 2.05) is 20.8 Å². The van der Waals surface area contributed by atoms with Crippen molar-refractivity contribution in [3.05, 3.63) is 23.4 Å². The Morgan fingerprint density at radius 3 is 2.67 bits per heavy atom. The fourth-order valence-electron chi connectivity index (χ4n) is 1.70. The van der Waals surface area contributed by atoms with Crippen molar-refractivity contribution >= 4 is 11.8 Å². The molecule has 0 saturated carbocycles. The fourth-order valence-corrected chi connectivity index (χ4v) is 1.70. The van der Waals surface area contributed by atoms with Crippen molar-refractivity contribution in [2.45, 2.75) is 32.7 Å². The third kappa shape index (κ3) is 4.00. The molecule has 0 spiro atoms. The number of hydrogen-bond acceptors (Lipinski definition) is 4. The molecular formula is C13H20N2O3. The fraction of sp³-hybridized carbons (Fsp3) is 0.538. The van der Waals surface area contributed by atoms with Gasteiger partial charge in [0, 0.05) is 12.8 Å². The Labute approximate surface area is 107 Å². The van der Waals surface area contributed by atoms with Crippen LogP contribution in [0, 0.1) is 0 Å². The summed E-state index contributed by atoms with van der Waals surface area (Å²) in [6, 6.07) is 3.13. The third-order valence-corrected chi connectivity index (χ3v) is 2.46. The second-order valence-electron chi connectivity index (χ2n) is 4.83. The van der Waals surface area contributed by atoms with Gasteiger partial charge in [0.25, 0.3) is 0 Å². The summed E-state index contributed by atoms with van der Waals surface area (Å²) >= 11 is 0. The lowest BCUT2D eigenvalue weighted by atomic mass is 10.1. The van der Waals surface area contributed by atoms with E-state index in [1.165, 1.54) is 0 Å². The van der Waals surface area contributed by atoms with E-state index in [1.54, 1.807) is 19.2 Å². The van der Waals surface area contributed by atoms with Gasteiger partial charge >= 0.3 is 5.97 Å². The Kier molecular flexibility index (Phi) is 4.67. The number of carboxylic acids is 1. The largest absolute Gasteiger partial charge is 0.478 e. The van der Waals surface area contributed by atoms with Crippen molar-refractivity contribution in [1.82, 2.24) is 4.98 Å². The van der Waals surface area contributed by atoms with Gasteiger partial charge in [0.15, 0.2) is 0 Å². The van der Waals surface area contributed by atoms with Crippen LogP contribution in [0.2, 0.25) is 0 Å². The number of aromatic carboxylic acids is 1. The molecule has 0 unspecified atom stereocenters. The number of rotatable bonds is 6. The van der Waals surface area contributed by atoms with Crippen molar-refractivity contribution in [3.8, 4) is 0 Å². The van der Waals surface area contributed by atoms with Crippen molar-refractivity contribution in [3.63, 3.8) is 0 Å². The molecule has 1 heterocycles. The average Bonchev–Trinajstić information content (AvgIpc) is 2.27. The zero-order chi connectivity index (χ0) is 13.8. The van der Waals surface area contributed by atoms with Crippen LogP contribution in [0.4, 0.5) is 5.82 Å². The quantitative estimate of drug-likeness (QED) is 0.812. The normalized spacial score (nSPS) is 11.3. The molecule has 0 aliphatic heterocycles. The summed E-state index contributed by atoms with van der Waals surface area (Å²) in [6.07, 6.45) is 0.695. The number of aryl methyl sites for hydroxylation is 1. The maximum atomic E-state index is 11.0. The third-order valence-electron chi connectivity index (χ3n) is 2.46. The zero-order valence-electron chi connectivity index (χ0n) is 11.3. The van der Waals surface area contributed by atoms with E-state index in [-0.39, 0.29) is 11.1 Å². The van der Waals surface area contributed by atoms with Crippen molar-refractivity contribution in [1.29, 1.82) is 0 Å². The minimum absolute atomic E-state index is 0.248. The van der Waals surface area contributed by atoms with Gasteiger partial charge in [0.2, 0.25) is 0 Å². The van der Waals surface area contributed by atoms with Gasteiger partial charge in [-0.3, -0.25) is 0 Å². The molecule has 0 aliphatic rings. The van der Waals surface area contributed by atoms with Crippen molar-refractivity contribution < 1.29 is 14.6 Å². The van der Waals surface area contributed by atoms with Crippen LogP contribution in [0.3, 0.4) is 0 Å². The number of carboxylic acid groups (broad SMARTS) is 1. The molecule has 0 aromatic carbocycles. The molecule has 5 heteroatoms. The Hall–Kier alpha value is -1.62. The van der Waals surface area contributed by atoms with Gasteiger partial charge in [-0.1, -0.05) is 6.92 Å². The molecule has 100 valence electrons. The van der Waals surface area contributed by atoms with Crippen LogP contribution in [0.1, 0.15) is 36.8 Å². The van der Waals surface area contributed by atoms with Crippen molar-refractivity contribution in [2.24, 2.45) is 0 Å². The predicted molar refractivity (Wildman–Crippen MR) is 70.2 cm³/mol. The van der Waals surface area contributed by atoms with Gasteiger partial charge in [-0.2, -0.15) is 0 Å². The first-order valence-corrected chi connectivity index (χ1v) is 5.89. The number of carbonyl (C=O) groups is 1.